The van der Waals surface area contributed by atoms with Gasteiger partial charge < -0.3 is 5.73 Å². The minimum Gasteiger partial charge on any atom is -0.326 e. The zero-order chi connectivity index (χ0) is 9.26. The molecule has 2 nitrogen and oxygen atoms in total. The van der Waals surface area contributed by atoms with E-state index in [9.17, 15) is 0 Å². The van der Waals surface area contributed by atoms with E-state index in [2.05, 4.69) is 11.8 Å². The second kappa shape index (κ2) is 3.97. The fraction of sp³-hybridized carbons (Fsp3) is 1.00. The smallest absolute Gasteiger partial charge is 0.0196 e. The van der Waals surface area contributed by atoms with Crippen LogP contribution in [-0.2, 0) is 0 Å². The number of hydrogen-bond acceptors (Lipinski definition) is 2. The van der Waals surface area contributed by atoms with Crippen LogP contribution < -0.4 is 5.73 Å². The molecule has 2 heteroatoms. The molecular formula is C11H22N2. The topological polar surface area (TPSA) is 29.3 Å². The van der Waals surface area contributed by atoms with E-state index in [4.69, 9.17) is 5.73 Å². The highest BCUT2D eigenvalue weighted by molar-refractivity contribution is 4.85. The van der Waals surface area contributed by atoms with Crippen molar-refractivity contribution in [1.82, 2.24) is 4.90 Å². The van der Waals surface area contributed by atoms with E-state index in [0.717, 1.165) is 18.5 Å². The van der Waals surface area contributed by atoms with Crippen LogP contribution in [0.3, 0.4) is 0 Å². The first-order valence-electron chi connectivity index (χ1n) is 5.77. The van der Waals surface area contributed by atoms with Crippen molar-refractivity contribution in [2.24, 2.45) is 11.7 Å². The molecule has 2 unspecified atom stereocenters. The lowest BCUT2D eigenvalue weighted by molar-refractivity contribution is 0.182. The van der Waals surface area contributed by atoms with Crippen molar-refractivity contribution >= 4 is 0 Å². The Bertz CT molecular complexity index is 165. The number of nitrogens with two attached hydrogens (primary N) is 1. The summed E-state index contributed by atoms with van der Waals surface area (Å²) in [6, 6.07) is 1.24. The molecule has 1 aliphatic carbocycles. The maximum atomic E-state index is 6.18. The van der Waals surface area contributed by atoms with Crippen molar-refractivity contribution in [3.63, 3.8) is 0 Å². The van der Waals surface area contributed by atoms with Gasteiger partial charge in [0.2, 0.25) is 0 Å². The van der Waals surface area contributed by atoms with E-state index in [1.807, 2.05) is 0 Å². The molecule has 76 valence electrons. The summed E-state index contributed by atoms with van der Waals surface area (Å²) in [5, 5.41) is 0. The highest BCUT2D eigenvalue weighted by atomic mass is 15.2. The Morgan fingerprint density at radius 2 is 2.08 bits per heavy atom. The van der Waals surface area contributed by atoms with E-state index in [1.54, 1.807) is 0 Å². The third-order valence-electron chi connectivity index (χ3n) is 3.89. The van der Waals surface area contributed by atoms with Crippen LogP contribution in [0.4, 0.5) is 0 Å². The maximum absolute atomic E-state index is 6.18. The van der Waals surface area contributed by atoms with Gasteiger partial charge in [-0.3, -0.25) is 4.90 Å². The summed E-state index contributed by atoms with van der Waals surface area (Å²) in [4.78, 5) is 2.57. The quantitative estimate of drug-likeness (QED) is 0.718. The molecule has 0 spiro atoms. The Morgan fingerprint density at radius 1 is 1.31 bits per heavy atom. The Morgan fingerprint density at radius 3 is 2.54 bits per heavy atom. The van der Waals surface area contributed by atoms with Gasteiger partial charge in [0.05, 0.1) is 0 Å². The minimum atomic E-state index is 0.453. The zero-order valence-corrected chi connectivity index (χ0v) is 8.71. The van der Waals surface area contributed by atoms with Crippen molar-refractivity contribution in [1.29, 1.82) is 0 Å². The van der Waals surface area contributed by atoms with E-state index >= 15 is 0 Å². The predicted octanol–water partition coefficient (Wildman–Crippen LogP) is 1.60. The molecule has 0 amide bonds. The molecule has 0 aromatic carbocycles. The van der Waals surface area contributed by atoms with Crippen molar-refractivity contribution in [3.8, 4) is 0 Å². The molecule has 1 aliphatic heterocycles. The van der Waals surface area contributed by atoms with E-state index in [0.29, 0.717) is 6.04 Å². The third kappa shape index (κ3) is 2.05. The Kier molecular flexibility index (Phi) is 2.89. The standard InChI is InChI=1S/C11H22N2/c1-9-4-3-7-13(9)8-11(12)10-5-2-6-10/h9-11H,2-8,12H2,1H3. The van der Waals surface area contributed by atoms with Crippen LogP contribution in [0, 0.1) is 5.92 Å². The summed E-state index contributed by atoms with van der Waals surface area (Å²) in [5.74, 6) is 0.841. The fourth-order valence-electron chi connectivity index (χ4n) is 2.55. The van der Waals surface area contributed by atoms with Crippen molar-refractivity contribution in [3.05, 3.63) is 0 Å². The largest absolute Gasteiger partial charge is 0.326 e. The van der Waals surface area contributed by atoms with Gasteiger partial charge in [-0.05, 0) is 45.1 Å². The van der Waals surface area contributed by atoms with Crippen molar-refractivity contribution in [2.45, 2.75) is 51.1 Å². The molecule has 2 fully saturated rings. The summed E-state index contributed by atoms with van der Waals surface area (Å²) in [5.41, 5.74) is 6.18. The number of hydrogen-bond donors (Lipinski definition) is 1. The van der Waals surface area contributed by atoms with Gasteiger partial charge >= 0.3 is 0 Å². The summed E-state index contributed by atoms with van der Waals surface area (Å²) in [6.45, 7) is 4.76. The van der Waals surface area contributed by atoms with E-state index in [1.165, 1.54) is 38.6 Å². The average Bonchev–Trinajstić information content (AvgIpc) is 2.32. The SMILES string of the molecule is CC1CCCN1CC(N)C1CCC1. The third-order valence-corrected chi connectivity index (χ3v) is 3.89. The summed E-state index contributed by atoms with van der Waals surface area (Å²) < 4.78 is 0. The molecule has 0 radical (unpaired) electrons. The van der Waals surface area contributed by atoms with E-state index in [-0.39, 0.29) is 0 Å². The molecule has 13 heavy (non-hydrogen) atoms. The molecule has 0 aromatic rings. The van der Waals surface area contributed by atoms with Crippen LogP contribution in [0.15, 0.2) is 0 Å². The van der Waals surface area contributed by atoms with Crippen LogP contribution in [0.5, 0.6) is 0 Å². The highest BCUT2D eigenvalue weighted by Gasteiger charge is 2.28. The van der Waals surface area contributed by atoms with Crippen molar-refractivity contribution in [2.75, 3.05) is 13.1 Å². The maximum Gasteiger partial charge on any atom is 0.0196 e. The monoisotopic (exact) mass is 182 g/mol. The molecule has 2 atom stereocenters. The van der Waals surface area contributed by atoms with Crippen LogP contribution in [0.25, 0.3) is 0 Å². The van der Waals surface area contributed by atoms with E-state index < -0.39 is 0 Å². The second-order valence-electron chi connectivity index (χ2n) is 4.84. The highest BCUT2D eigenvalue weighted by Crippen LogP contribution is 2.29. The number of nitrogens with zero attached hydrogens (tertiary/aromatic N) is 1. The Hall–Kier alpha value is -0.0800. The molecule has 1 heterocycles. The number of rotatable bonds is 3. The first kappa shape index (κ1) is 9.47. The zero-order valence-electron chi connectivity index (χ0n) is 8.71. The van der Waals surface area contributed by atoms with Gasteiger partial charge in [0.15, 0.2) is 0 Å². The lowest BCUT2D eigenvalue weighted by Crippen LogP contribution is -2.45. The molecule has 0 bridgehead atoms. The lowest BCUT2D eigenvalue weighted by Gasteiger charge is -2.34. The summed E-state index contributed by atoms with van der Waals surface area (Å²) >= 11 is 0. The summed E-state index contributed by atoms with van der Waals surface area (Å²) in [7, 11) is 0. The Balaban J connectivity index is 1.75. The van der Waals surface area contributed by atoms with Gasteiger partial charge in [0.25, 0.3) is 0 Å². The minimum absolute atomic E-state index is 0.453. The average molecular weight is 182 g/mol. The molecule has 0 aromatic heterocycles. The molecule has 1 saturated carbocycles. The number of likely N-dealkylation sites (tertiary alicyclic amines) is 1. The first-order valence-corrected chi connectivity index (χ1v) is 5.77. The second-order valence-corrected chi connectivity index (χ2v) is 4.84. The molecular weight excluding hydrogens is 160 g/mol. The lowest BCUT2D eigenvalue weighted by atomic mass is 9.80. The van der Waals surface area contributed by atoms with Crippen LogP contribution in [0.2, 0.25) is 0 Å². The van der Waals surface area contributed by atoms with Gasteiger partial charge in [-0.1, -0.05) is 6.42 Å². The van der Waals surface area contributed by atoms with Gasteiger partial charge in [-0.25, -0.2) is 0 Å². The first-order chi connectivity index (χ1) is 6.27. The molecule has 2 rings (SSSR count). The molecule has 1 saturated heterocycles. The van der Waals surface area contributed by atoms with Crippen molar-refractivity contribution < 1.29 is 0 Å². The van der Waals surface area contributed by atoms with Crippen LogP contribution >= 0.6 is 0 Å². The van der Waals surface area contributed by atoms with Gasteiger partial charge in [0.1, 0.15) is 0 Å². The normalized spacial score (nSPS) is 33.2. The van der Waals surface area contributed by atoms with Crippen LogP contribution in [-0.4, -0.2) is 30.1 Å². The van der Waals surface area contributed by atoms with Gasteiger partial charge in [-0.15, -0.1) is 0 Å². The van der Waals surface area contributed by atoms with Gasteiger partial charge in [-0.2, -0.15) is 0 Å². The summed E-state index contributed by atoms with van der Waals surface area (Å²) in [6.07, 6.45) is 6.91. The Labute approximate surface area is 81.5 Å². The van der Waals surface area contributed by atoms with Gasteiger partial charge in [0, 0.05) is 18.6 Å². The molecule has 2 aliphatic rings. The molecule has 2 N–H and O–H groups in total. The van der Waals surface area contributed by atoms with Crippen LogP contribution in [0.1, 0.15) is 39.0 Å². The fourth-order valence-corrected chi connectivity index (χ4v) is 2.55. The predicted molar refractivity (Wildman–Crippen MR) is 55.6 cm³/mol.